The molecule has 2 saturated carbocycles. The van der Waals surface area contributed by atoms with Crippen LogP contribution >= 0.6 is 0 Å². The number of nitrogens with one attached hydrogen (secondary N) is 1. The molecule has 2 amide bonds. The second-order valence-electron chi connectivity index (χ2n) is 5.81. The quantitative estimate of drug-likeness (QED) is 0.802. The van der Waals surface area contributed by atoms with Gasteiger partial charge in [0.2, 0.25) is 0 Å². The lowest BCUT2D eigenvalue weighted by molar-refractivity contribution is 0.131. The lowest BCUT2D eigenvalue weighted by Crippen LogP contribution is -2.54. The van der Waals surface area contributed by atoms with E-state index in [1.165, 1.54) is 38.6 Å². The molecule has 0 unspecified atom stereocenters. The van der Waals surface area contributed by atoms with Crippen molar-refractivity contribution in [1.82, 2.24) is 15.1 Å². The van der Waals surface area contributed by atoms with Crippen molar-refractivity contribution in [3.8, 4) is 0 Å². The highest BCUT2D eigenvalue weighted by molar-refractivity contribution is 5.74. The Kier molecular flexibility index (Phi) is 3.23. The van der Waals surface area contributed by atoms with Crippen LogP contribution in [0.25, 0.3) is 0 Å². The maximum absolute atomic E-state index is 11.9. The molecule has 3 fully saturated rings. The molecule has 17 heavy (non-hydrogen) atoms. The summed E-state index contributed by atoms with van der Waals surface area (Å²) in [6.07, 6.45) is 6.46. The van der Waals surface area contributed by atoms with Crippen LogP contribution in [0, 0.1) is 5.92 Å². The highest BCUT2D eigenvalue weighted by Gasteiger charge is 2.28. The van der Waals surface area contributed by atoms with E-state index in [1.54, 1.807) is 0 Å². The largest absolute Gasteiger partial charge is 0.335 e. The van der Waals surface area contributed by atoms with Crippen LogP contribution in [0.1, 0.15) is 32.1 Å². The SMILES string of the molecule is O=C(NC1CCC1)N1CCN(CC2CC2)CC1. The first kappa shape index (κ1) is 11.3. The molecule has 1 aliphatic heterocycles. The Morgan fingerprint density at radius 1 is 1.06 bits per heavy atom. The van der Waals surface area contributed by atoms with Gasteiger partial charge in [-0.25, -0.2) is 4.79 Å². The normalized spacial score (nSPS) is 26.7. The minimum atomic E-state index is 0.167. The van der Waals surface area contributed by atoms with Gasteiger partial charge in [-0.15, -0.1) is 0 Å². The molecule has 3 aliphatic rings. The molecule has 1 heterocycles. The van der Waals surface area contributed by atoms with Crippen molar-refractivity contribution in [2.45, 2.75) is 38.1 Å². The number of rotatable bonds is 3. The van der Waals surface area contributed by atoms with Crippen LogP contribution in [0.3, 0.4) is 0 Å². The fourth-order valence-corrected chi connectivity index (χ4v) is 2.62. The van der Waals surface area contributed by atoms with E-state index in [-0.39, 0.29) is 6.03 Å². The molecule has 0 aromatic rings. The zero-order valence-corrected chi connectivity index (χ0v) is 10.5. The number of hydrogen-bond donors (Lipinski definition) is 1. The minimum Gasteiger partial charge on any atom is -0.335 e. The Morgan fingerprint density at radius 2 is 1.76 bits per heavy atom. The van der Waals surface area contributed by atoms with E-state index in [4.69, 9.17) is 0 Å². The molecule has 0 aromatic carbocycles. The Labute approximate surface area is 103 Å². The van der Waals surface area contributed by atoms with Gasteiger partial charge >= 0.3 is 6.03 Å². The molecular formula is C13H23N3O. The van der Waals surface area contributed by atoms with Crippen molar-refractivity contribution < 1.29 is 4.79 Å². The first-order valence-corrected chi connectivity index (χ1v) is 7.09. The number of hydrogen-bond acceptors (Lipinski definition) is 2. The Morgan fingerprint density at radius 3 is 2.29 bits per heavy atom. The van der Waals surface area contributed by atoms with Crippen LogP contribution < -0.4 is 5.32 Å². The molecular weight excluding hydrogens is 214 g/mol. The van der Waals surface area contributed by atoms with Crippen LogP contribution in [0.5, 0.6) is 0 Å². The van der Waals surface area contributed by atoms with Crippen molar-refractivity contribution in [1.29, 1.82) is 0 Å². The molecule has 0 radical (unpaired) electrons. The molecule has 0 bridgehead atoms. The van der Waals surface area contributed by atoms with Crippen LogP contribution in [0.15, 0.2) is 0 Å². The van der Waals surface area contributed by atoms with Crippen LogP contribution in [-0.4, -0.2) is 54.6 Å². The smallest absolute Gasteiger partial charge is 0.317 e. The van der Waals surface area contributed by atoms with E-state index in [2.05, 4.69) is 10.2 Å². The summed E-state index contributed by atoms with van der Waals surface area (Å²) in [4.78, 5) is 16.4. The van der Waals surface area contributed by atoms with Crippen LogP contribution in [0.2, 0.25) is 0 Å². The second-order valence-corrected chi connectivity index (χ2v) is 5.81. The number of carbonyl (C=O) groups is 1. The standard InChI is InChI=1S/C13H23N3O/c17-13(14-12-2-1-3-12)16-8-6-15(7-9-16)10-11-4-5-11/h11-12H,1-10H2,(H,14,17). The lowest BCUT2D eigenvalue weighted by atomic mass is 9.93. The maximum atomic E-state index is 11.9. The van der Waals surface area contributed by atoms with Crippen molar-refractivity contribution in [3.05, 3.63) is 0 Å². The number of amides is 2. The molecule has 0 atom stereocenters. The summed E-state index contributed by atoms with van der Waals surface area (Å²) in [7, 11) is 0. The Bertz CT molecular complexity index is 278. The zero-order valence-electron chi connectivity index (χ0n) is 10.5. The van der Waals surface area contributed by atoms with Gasteiger partial charge in [-0.05, 0) is 38.0 Å². The predicted molar refractivity (Wildman–Crippen MR) is 66.9 cm³/mol. The molecule has 1 saturated heterocycles. The summed E-state index contributed by atoms with van der Waals surface area (Å²) in [5.41, 5.74) is 0. The molecule has 2 aliphatic carbocycles. The molecule has 4 nitrogen and oxygen atoms in total. The van der Waals surface area contributed by atoms with Gasteiger partial charge in [0.1, 0.15) is 0 Å². The van der Waals surface area contributed by atoms with Crippen molar-refractivity contribution >= 4 is 6.03 Å². The summed E-state index contributed by atoms with van der Waals surface area (Å²) in [5.74, 6) is 0.963. The minimum absolute atomic E-state index is 0.167. The number of nitrogens with zero attached hydrogens (tertiary/aromatic N) is 2. The zero-order chi connectivity index (χ0) is 11.7. The van der Waals surface area contributed by atoms with Gasteiger partial charge in [-0.3, -0.25) is 4.90 Å². The number of carbonyl (C=O) groups excluding carboxylic acids is 1. The van der Waals surface area contributed by atoms with Crippen LogP contribution in [0.4, 0.5) is 4.79 Å². The fourth-order valence-electron chi connectivity index (χ4n) is 2.62. The van der Waals surface area contributed by atoms with Gasteiger partial charge in [0.15, 0.2) is 0 Å². The summed E-state index contributed by atoms with van der Waals surface area (Å²) in [6.45, 7) is 5.21. The number of piperazine rings is 1. The number of urea groups is 1. The van der Waals surface area contributed by atoms with Gasteiger partial charge in [0, 0.05) is 38.8 Å². The average molecular weight is 237 g/mol. The van der Waals surface area contributed by atoms with E-state index in [0.717, 1.165) is 32.1 Å². The lowest BCUT2D eigenvalue weighted by Gasteiger charge is -2.36. The van der Waals surface area contributed by atoms with Gasteiger partial charge in [0.25, 0.3) is 0 Å². The fraction of sp³-hybridized carbons (Fsp3) is 0.923. The van der Waals surface area contributed by atoms with Gasteiger partial charge in [-0.1, -0.05) is 0 Å². The molecule has 0 aromatic heterocycles. The summed E-state index contributed by atoms with van der Waals surface area (Å²) in [6, 6.07) is 0.632. The van der Waals surface area contributed by atoms with Crippen molar-refractivity contribution in [2.24, 2.45) is 5.92 Å². The highest BCUT2D eigenvalue weighted by atomic mass is 16.2. The first-order valence-electron chi connectivity index (χ1n) is 7.09. The third kappa shape index (κ3) is 2.92. The Balaban J connectivity index is 1.38. The van der Waals surface area contributed by atoms with E-state index in [9.17, 15) is 4.79 Å². The average Bonchev–Trinajstić information content (AvgIpc) is 3.08. The van der Waals surface area contributed by atoms with E-state index in [1.807, 2.05) is 4.90 Å². The van der Waals surface area contributed by atoms with E-state index in [0.29, 0.717) is 6.04 Å². The van der Waals surface area contributed by atoms with E-state index < -0.39 is 0 Å². The summed E-state index contributed by atoms with van der Waals surface area (Å²) < 4.78 is 0. The molecule has 1 N–H and O–H groups in total. The van der Waals surface area contributed by atoms with Crippen molar-refractivity contribution in [2.75, 3.05) is 32.7 Å². The molecule has 0 spiro atoms. The topological polar surface area (TPSA) is 35.6 Å². The second kappa shape index (κ2) is 4.84. The molecule has 3 rings (SSSR count). The van der Waals surface area contributed by atoms with Crippen LogP contribution in [-0.2, 0) is 0 Å². The third-order valence-electron chi connectivity index (χ3n) is 4.31. The van der Waals surface area contributed by atoms with Gasteiger partial charge < -0.3 is 10.2 Å². The maximum Gasteiger partial charge on any atom is 0.317 e. The first-order chi connectivity index (χ1) is 8.31. The third-order valence-corrected chi connectivity index (χ3v) is 4.31. The summed E-state index contributed by atoms with van der Waals surface area (Å²) in [5, 5.41) is 3.12. The monoisotopic (exact) mass is 237 g/mol. The van der Waals surface area contributed by atoms with E-state index >= 15 is 0 Å². The molecule has 96 valence electrons. The van der Waals surface area contributed by atoms with Gasteiger partial charge in [-0.2, -0.15) is 0 Å². The Hall–Kier alpha value is -0.770. The predicted octanol–water partition coefficient (Wildman–Crippen LogP) is 1.28. The van der Waals surface area contributed by atoms with Crippen molar-refractivity contribution in [3.63, 3.8) is 0 Å². The van der Waals surface area contributed by atoms with Gasteiger partial charge in [0.05, 0.1) is 0 Å². The highest BCUT2D eigenvalue weighted by Crippen LogP contribution is 2.29. The summed E-state index contributed by atoms with van der Waals surface area (Å²) >= 11 is 0. The molecule has 4 heteroatoms.